The number of hydrogen-bond acceptors (Lipinski definition) is 4. The molecule has 0 aromatic carbocycles. The largest absolute Gasteiger partial charge is 0.481 e. The predicted octanol–water partition coefficient (Wildman–Crippen LogP) is 1.17. The molecule has 1 amide bonds. The molecule has 1 N–H and O–H groups in total. The standard InChI is InChI=1S/C11H16N2O4/c1-3-8-10(12-7-17-8)11(16)13(2)6-4-5-9(14)15/h7H,3-6H2,1-2H3,(H,14,15). The van der Waals surface area contributed by atoms with Crippen LogP contribution < -0.4 is 0 Å². The monoisotopic (exact) mass is 240 g/mol. The third-order valence-corrected chi connectivity index (χ3v) is 2.40. The van der Waals surface area contributed by atoms with Crippen molar-refractivity contribution in [2.45, 2.75) is 26.2 Å². The van der Waals surface area contributed by atoms with Gasteiger partial charge >= 0.3 is 5.97 Å². The Kier molecular flexibility index (Phi) is 4.68. The normalized spacial score (nSPS) is 10.2. The highest BCUT2D eigenvalue weighted by Crippen LogP contribution is 2.10. The summed E-state index contributed by atoms with van der Waals surface area (Å²) in [6.07, 6.45) is 2.33. The van der Waals surface area contributed by atoms with Gasteiger partial charge in [-0.3, -0.25) is 9.59 Å². The van der Waals surface area contributed by atoms with Gasteiger partial charge in [-0.15, -0.1) is 0 Å². The SMILES string of the molecule is CCc1ocnc1C(=O)N(C)CCCC(=O)O. The van der Waals surface area contributed by atoms with Gasteiger partial charge in [-0.2, -0.15) is 0 Å². The van der Waals surface area contributed by atoms with Gasteiger partial charge in [-0.1, -0.05) is 6.92 Å². The lowest BCUT2D eigenvalue weighted by Crippen LogP contribution is -2.29. The number of aliphatic carboxylic acids is 1. The molecule has 0 aliphatic carbocycles. The Bertz CT molecular complexity index is 400. The number of carboxylic acids is 1. The minimum atomic E-state index is -0.860. The first kappa shape index (κ1) is 13.2. The first-order chi connectivity index (χ1) is 8.06. The summed E-state index contributed by atoms with van der Waals surface area (Å²) in [5.41, 5.74) is 0.310. The molecule has 0 unspecified atom stereocenters. The number of aromatic nitrogens is 1. The number of carboxylic acid groups (broad SMARTS) is 1. The van der Waals surface area contributed by atoms with E-state index in [1.807, 2.05) is 6.92 Å². The van der Waals surface area contributed by atoms with E-state index in [1.54, 1.807) is 7.05 Å². The molecule has 17 heavy (non-hydrogen) atoms. The maximum atomic E-state index is 11.9. The Labute approximate surface area is 99.2 Å². The van der Waals surface area contributed by atoms with Gasteiger partial charge in [0.2, 0.25) is 0 Å². The molecule has 6 nitrogen and oxygen atoms in total. The van der Waals surface area contributed by atoms with E-state index in [9.17, 15) is 9.59 Å². The minimum absolute atomic E-state index is 0.0526. The number of carbonyl (C=O) groups is 2. The topological polar surface area (TPSA) is 83.6 Å². The molecule has 1 aromatic rings. The Morgan fingerprint density at radius 1 is 1.53 bits per heavy atom. The van der Waals surface area contributed by atoms with Crippen molar-refractivity contribution in [3.05, 3.63) is 17.8 Å². The van der Waals surface area contributed by atoms with Crippen molar-refractivity contribution in [2.75, 3.05) is 13.6 Å². The van der Waals surface area contributed by atoms with Crippen LogP contribution >= 0.6 is 0 Å². The Balaban J connectivity index is 2.54. The van der Waals surface area contributed by atoms with Crippen molar-refractivity contribution in [3.8, 4) is 0 Å². The van der Waals surface area contributed by atoms with Gasteiger partial charge in [0.05, 0.1) is 0 Å². The third kappa shape index (κ3) is 3.58. The quantitative estimate of drug-likeness (QED) is 0.807. The van der Waals surface area contributed by atoms with Crippen LogP contribution in [0.25, 0.3) is 0 Å². The van der Waals surface area contributed by atoms with Gasteiger partial charge in [0.1, 0.15) is 5.76 Å². The summed E-state index contributed by atoms with van der Waals surface area (Å²) in [4.78, 5) is 27.6. The zero-order valence-electron chi connectivity index (χ0n) is 9.97. The van der Waals surface area contributed by atoms with Crippen molar-refractivity contribution in [2.24, 2.45) is 0 Å². The fourth-order valence-electron chi connectivity index (χ4n) is 1.45. The second kappa shape index (κ2) is 6.03. The summed E-state index contributed by atoms with van der Waals surface area (Å²) in [6, 6.07) is 0. The fraction of sp³-hybridized carbons (Fsp3) is 0.545. The molecule has 0 saturated carbocycles. The lowest BCUT2D eigenvalue weighted by atomic mass is 10.2. The molecule has 1 rings (SSSR count). The van der Waals surface area contributed by atoms with Crippen LogP contribution in [-0.2, 0) is 11.2 Å². The molecule has 94 valence electrons. The average Bonchev–Trinajstić information content (AvgIpc) is 2.75. The third-order valence-electron chi connectivity index (χ3n) is 2.40. The van der Waals surface area contributed by atoms with Crippen LogP contribution in [0.3, 0.4) is 0 Å². The molecule has 1 heterocycles. The molecule has 0 atom stereocenters. The molecule has 1 aromatic heterocycles. The molecule has 6 heteroatoms. The minimum Gasteiger partial charge on any atom is -0.481 e. The molecule has 0 aliphatic rings. The number of carbonyl (C=O) groups excluding carboxylic acids is 1. The molecular weight excluding hydrogens is 224 g/mol. The number of hydrogen-bond donors (Lipinski definition) is 1. The van der Waals surface area contributed by atoms with Gasteiger partial charge < -0.3 is 14.4 Å². The smallest absolute Gasteiger partial charge is 0.303 e. The lowest BCUT2D eigenvalue weighted by molar-refractivity contribution is -0.137. The summed E-state index contributed by atoms with van der Waals surface area (Å²) in [5, 5.41) is 8.50. The van der Waals surface area contributed by atoms with E-state index in [0.717, 1.165) is 0 Å². The van der Waals surface area contributed by atoms with Crippen molar-refractivity contribution in [3.63, 3.8) is 0 Å². The molecule has 0 saturated heterocycles. The van der Waals surface area contributed by atoms with E-state index in [4.69, 9.17) is 9.52 Å². The highest BCUT2D eigenvalue weighted by atomic mass is 16.4. The zero-order valence-corrected chi connectivity index (χ0v) is 9.97. The van der Waals surface area contributed by atoms with Crippen LogP contribution in [0.4, 0.5) is 0 Å². The fourth-order valence-corrected chi connectivity index (χ4v) is 1.45. The van der Waals surface area contributed by atoms with Crippen LogP contribution in [0.15, 0.2) is 10.8 Å². The molecule has 0 bridgehead atoms. The van der Waals surface area contributed by atoms with Crippen LogP contribution in [0.2, 0.25) is 0 Å². The number of oxazole rings is 1. The van der Waals surface area contributed by atoms with Crippen LogP contribution in [0, 0.1) is 0 Å². The molecule has 0 radical (unpaired) electrons. The Hall–Kier alpha value is -1.85. The summed E-state index contributed by atoms with van der Waals surface area (Å²) in [7, 11) is 1.62. The summed E-state index contributed by atoms with van der Waals surface area (Å²) in [6.45, 7) is 2.27. The molecule has 0 aliphatic heterocycles. The zero-order chi connectivity index (χ0) is 12.8. The number of nitrogens with zero attached hydrogens (tertiary/aromatic N) is 2. The summed E-state index contributed by atoms with van der Waals surface area (Å²) in [5.74, 6) is -0.539. The van der Waals surface area contributed by atoms with E-state index >= 15 is 0 Å². The highest BCUT2D eigenvalue weighted by Gasteiger charge is 2.19. The summed E-state index contributed by atoms with van der Waals surface area (Å²) < 4.78 is 5.08. The number of amides is 1. The predicted molar refractivity (Wildman–Crippen MR) is 59.7 cm³/mol. The molecule has 0 fully saturated rings. The van der Waals surface area contributed by atoms with Gasteiger partial charge in [-0.25, -0.2) is 4.98 Å². The van der Waals surface area contributed by atoms with E-state index in [1.165, 1.54) is 11.3 Å². The van der Waals surface area contributed by atoms with Crippen molar-refractivity contribution in [1.82, 2.24) is 9.88 Å². The summed E-state index contributed by atoms with van der Waals surface area (Å²) >= 11 is 0. The molecular formula is C11H16N2O4. The van der Waals surface area contributed by atoms with Crippen molar-refractivity contribution < 1.29 is 19.1 Å². The maximum Gasteiger partial charge on any atom is 0.303 e. The first-order valence-corrected chi connectivity index (χ1v) is 5.45. The van der Waals surface area contributed by atoms with E-state index < -0.39 is 5.97 Å². The lowest BCUT2D eigenvalue weighted by Gasteiger charge is -2.15. The van der Waals surface area contributed by atoms with E-state index in [0.29, 0.717) is 30.8 Å². The van der Waals surface area contributed by atoms with Crippen molar-refractivity contribution in [1.29, 1.82) is 0 Å². The highest BCUT2D eigenvalue weighted by molar-refractivity contribution is 5.93. The van der Waals surface area contributed by atoms with Crippen LogP contribution in [0.1, 0.15) is 36.0 Å². The average molecular weight is 240 g/mol. The van der Waals surface area contributed by atoms with Crippen LogP contribution in [-0.4, -0.2) is 40.5 Å². The maximum absolute atomic E-state index is 11.9. The van der Waals surface area contributed by atoms with Gasteiger partial charge in [-0.05, 0) is 6.42 Å². The van der Waals surface area contributed by atoms with Crippen LogP contribution in [0.5, 0.6) is 0 Å². The number of rotatable bonds is 6. The number of aryl methyl sites for hydroxylation is 1. The van der Waals surface area contributed by atoms with E-state index in [-0.39, 0.29) is 12.3 Å². The second-order valence-corrected chi connectivity index (χ2v) is 3.70. The first-order valence-electron chi connectivity index (χ1n) is 5.45. The van der Waals surface area contributed by atoms with Gasteiger partial charge in [0, 0.05) is 26.4 Å². The Morgan fingerprint density at radius 3 is 2.82 bits per heavy atom. The Morgan fingerprint density at radius 2 is 2.24 bits per heavy atom. The van der Waals surface area contributed by atoms with E-state index in [2.05, 4.69) is 4.98 Å². The van der Waals surface area contributed by atoms with Gasteiger partial charge in [0.15, 0.2) is 12.1 Å². The van der Waals surface area contributed by atoms with Crippen molar-refractivity contribution >= 4 is 11.9 Å². The van der Waals surface area contributed by atoms with Gasteiger partial charge in [0.25, 0.3) is 5.91 Å². The molecule has 0 spiro atoms. The second-order valence-electron chi connectivity index (χ2n) is 3.70.